The molecule has 0 bridgehead atoms. The number of carbonyl (C=O) groups is 2. The molecule has 21 heavy (non-hydrogen) atoms. The second kappa shape index (κ2) is 8.40. The van der Waals surface area contributed by atoms with E-state index < -0.39 is 43.2 Å². The molecule has 1 saturated heterocycles. The standard InChI is InChI=1S/C13H23NO7/c1-7(16)4-2-3-5-9(17)14-10-12(19)11(18)8(6-15)21-13(10)20/h8,10-13,15,18-20H,2-6H2,1H3,(H,14,17)/t8?,10-,11-,12-,13+/m1/s1. The predicted molar refractivity (Wildman–Crippen MR) is 71.1 cm³/mol. The molecular formula is C13H23NO7. The van der Waals surface area contributed by atoms with Crippen LogP contribution in [0.5, 0.6) is 0 Å². The predicted octanol–water partition coefficient (Wildman–Crippen LogP) is -1.95. The fourth-order valence-electron chi connectivity index (χ4n) is 2.17. The van der Waals surface area contributed by atoms with Crippen molar-refractivity contribution < 1.29 is 34.8 Å². The van der Waals surface area contributed by atoms with Gasteiger partial charge in [-0.2, -0.15) is 0 Å². The summed E-state index contributed by atoms with van der Waals surface area (Å²) in [6, 6.07) is -1.16. The Labute approximate surface area is 122 Å². The van der Waals surface area contributed by atoms with E-state index in [1.807, 2.05) is 0 Å². The smallest absolute Gasteiger partial charge is 0.220 e. The molecule has 8 nitrogen and oxygen atoms in total. The van der Waals surface area contributed by atoms with Crippen molar-refractivity contribution in [2.24, 2.45) is 0 Å². The molecule has 0 saturated carbocycles. The first-order valence-corrected chi connectivity index (χ1v) is 6.96. The number of aliphatic hydroxyl groups excluding tert-OH is 4. The Morgan fingerprint density at radius 3 is 2.29 bits per heavy atom. The summed E-state index contributed by atoms with van der Waals surface area (Å²) in [4.78, 5) is 22.5. The van der Waals surface area contributed by atoms with Crippen molar-refractivity contribution in [2.75, 3.05) is 6.61 Å². The van der Waals surface area contributed by atoms with E-state index in [0.717, 1.165) is 0 Å². The Bertz CT molecular complexity index is 362. The van der Waals surface area contributed by atoms with Gasteiger partial charge in [-0.25, -0.2) is 0 Å². The van der Waals surface area contributed by atoms with Crippen LogP contribution in [0.3, 0.4) is 0 Å². The van der Waals surface area contributed by atoms with Crippen LogP contribution in [0.25, 0.3) is 0 Å². The van der Waals surface area contributed by atoms with Gasteiger partial charge in [0.2, 0.25) is 5.91 Å². The number of ether oxygens (including phenoxy) is 1. The van der Waals surface area contributed by atoms with Crippen LogP contribution >= 0.6 is 0 Å². The summed E-state index contributed by atoms with van der Waals surface area (Å²) in [5, 5.41) is 40.5. The molecule has 0 aromatic carbocycles. The highest BCUT2D eigenvalue weighted by Gasteiger charge is 2.44. The largest absolute Gasteiger partial charge is 0.394 e. The van der Waals surface area contributed by atoms with Crippen LogP contribution in [-0.4, -0.2) is 69.4 Å². The number of ketones is 1. The summed E-state index contributed by atoms with van der Waals surface area (Å²) in [6.07, 6.45) is -3.81. The highest BCUT2D eigenvalue weighted by molar-refractivity contribution is 5.77. The van der Waals surface area contributed by atoms with Crippen molar-refractivity contribution in [1.82, 2.24) is 5.32 Å². The van der Waals surface area contributed by atoms with Gasteiger partial charge in [-0.05, 0) is 19.8 Å². The molecule has 0 aromatic heterocycles. The number of carbonyl (C=O) groups excluding carboxylic acids is 2. The van der Waals surface area contributed by atoms with Crippen LogP contribution in [0.4, 0.5) is 0 Å². The van der Waals surface area contributed by atoms with E-state index in [1.165, 1.54) is 6.92 Å². The van der Waals surface area contributed by atoms with Crippen LogP contribution < -0.4 is 5.32 Å². The Morgan fingerprint density at radius 2 is 1.71 bits per heavy atom. The molecule has 5 atom stereocenters. The molecule has 1 rings (SSSR count). The number of nitrogens with one attached hydrogen (secondary N) is 1. The first-order chi connectivity index (χ1) is 9.86. The molecule has 1 amide bonds. The monoisotopic (exact) mass is 305 g/mol. The molecule has 1 aliphatic heterocycles. The average molecular weight is 305 g/mol. The van der Waals surface area contributed by atoms with Crippen molar-refractivity contribution >= 4 is 11.7 Å². The average Bonchev–Trinajstić information content (AvgIpc) is 2.43. The minimum atomic E-state index is -1.51. The van der Waals surface area contributed by atoms with E-state index in [4.69, 9.17) is 9.84 Å². The first-order valence-electron chi connectivity index (χ1n) is 6.96. The molecule has 1 aliphatic rings. The van der Waals surface area contributed by atoms with E-state index in [2.05, 4.69) is 5.32 Å². The molecule has 5 N–H and O–H groups in total. The summed E-state index contributed by atoms with van der Waals surface area (Å²) >= 11 is 0. The Hall–Kier alpha value is -1.06. The highest BCUT2D eigenvalue weighted by atomic mass is 16.6. The zero-order valence-corrected chi connectivity index (χ0v) is 11.9. The van der Waals surface area contributed by atoms with Gasteiger partial charge in [0.1, 0.15) is 30.1 Å². The number of unbranched alkanes of at least 4 members (excludes halogenated alkanes) is 1. The molecule has 0 aromatic rings. The minimum absolute atomic E-state index is 0.0556. The lowest BCUT2D eigenvalue weighted by Gasteiger charge is -2.40. The lowest BCUT2D eigenvalue weighted by molar-refractivity contribution is -0.253. The summed E-state index contributed by atoms with van der Waals surface area (Å²) in [5.74, 6) is -0.361. The number of amides is 1. The molecule has 8 heteroatoms. The van der Waals surface area contributed by atoms with Crippen LogP contribution in [0, 0.1) is 0 Å². The Morgan fingerprint density at radius 1 is 1.10 bits per heavy atom. The minimum Gasteiger partial charge on any atom is -0.394 e. The molecule has 0 aliphatic carbocycles. The number of hydrogen-bond donors (Lipinski definition) is 5. The summed E-state index contributed by atoms with van der Waals surface area (Å²) in [6.45, 7) is 0.923. The molecule has 0 radical (unpaired) electrons. The van der Waals surface area contributed by atoms with E-state index in [9.17, 15) is 24.9 Å². The number of aliphatic hydroxyl groups is 4. The van der Waals surface area contributed by atoms with E-state index in [1.54, 1.807) is 0 Å². The third kappa shape index (κ3) is 5.33. The van der Waals surface area contributed by atoms with Gasteiger partial charge < -0.3 is 35.3 Å². The summed E-state index contributed by atoms with van der Waals surface area (Å²) in [5.41, 5.74) is 0. The third-order valence-electron chi connectivity index (χ3n) is 3.41. The normalized spacial score (nSPS) is 32.7. The van der Waals surface area contributed by atoms with Crippen molar-refractivity contribution in [3.63, 3.8) is 0 Å². The highest BCUT2D eigenvalue weighted by Crippen LogP contribution is 2.19. The summed E-state index contributed by atoms with van der Waals surface area (Å²) < 4.78 is 4.92. The fraction of sp³-hybridized carbons (Fsp3) is 0.846. The molecule has 122 valence electrons. The van der Waals surface area contributed by atoms with Gasteiger partial charge in [-0.1, -0.05) is 0 Å². The van der Waals surface area contributed by atoms with Crippen LogP contribution in [-0.2, 0) is 14.3 Å². The van der Waals surface area contributed by atoms with Crippen molar-refractivity contribution in [2.45, 2.75) is 63.3 Å². The molecule has 1 heterocycles. The van der Waals surface area contributed by atoms with Gasteiger partial charge in [0.25, 0.3) is 0 Å². The maximum atomic E-state index is 11.7. The van der Waals surface area contributed by atoms with Crippen LogP contribution in [0.1, 0.15) is 32.6 Å². The fourth-order valence-corrected chi connectivity index (χ4v) is 2.17. The number of Topliss-reactive ketones (excluding diaryl/α,β-unsaturated/α-hetero) is 1. The molecule has 1 fully saturated rings. The maximum absolute atomic E-state index is 11.7. The van der Waals surface area contributed by atoms with Gasteiger partial charge in [0.15, 0.2) is 6.29 Å². The van der Waals surface area contributed by atoms with Crippen molar-refractivity contribution in [3.8, 4) is 0 Å². The quantitative estimate of drug-likeness (QED) is 0.345. The van der Waals surface area contributed by atoms with Gasteiger partial charge in [0.05, 0.1) is 6.61 Å². The lowest BCUT2D eigenvalue weighted by Crippen LogP contribution is -2.64. The first kappa shape index (κ1) is 18.0. The topological polar surface area (TPSA) is 136 Å². The second-order valence-corrected chi connectivity index (χ2v) is 5.23. The van der Waals surface area contributed by atoms with E-state index in [-0.39, 0.29) is 12.2 Å². The van der Waals surface area contributed by atoms with Crippen LogP contribution in [0.2, 0.25) is 0 Å². The zero-order valence-electron chi connectivity index (χ0n) is 11.9. The van der Waals surface area contributed by atoms with E-state index >= 15 is 0 Å². The zero-order chi connectivity index (χ0) is 16.0. The number of rotatable bonds is 7. The molecule has 0 spiro atoms. The van der Waals surface area contributed by atoms with Gasteiger partial charge in [-0.15, -0.1) is 0 Å². The molecular weight excluding hydrogens is 282 g/mol. The van der Waals surface area contributed by atoms with E-state index in [0.29, 0.717) is 19.3 Å². The maximum Gasteiger partial charge on any atom is 0.220 e. The third-order valence-corrected chi connectivity index (χ3v) is 3.41. The van der Waals surface area contributed by atoms with Crippen molar-refractivity contribution in [1.29, 1.82) is 0 Å². The van der Waals surface area contributed by atoms with Gasteiger partial charge >= 0.3 is 0 Å². The SMILES string of the molecule is CC(=O)CCCCC(=O)N[C@@H]1[C@@H](O)[C@H](O)C(CO)O[C@@H]1O. The molecule has 1 unspecified atom stereocenters. The lowest BCUT2D eigenvalue weighted by atomic mass is 9.97. The van der Waals surface area contributed by atoms with Gasteiger partial charge in [0, 0.05) is 12.8 Å². The van der Waals surface area contributed by atoms with Crippen LogP contribution in [0.15, 0.2) is 0 Å². The van der Waals surface area contributed by atoms with Gasteiger partial charge in [-0.3, -0.25) is 4.79 Å². The van der Waals surface area contributed by atoms with Crippen molar-refractivity contribution in [3.05, 3.63) is 0 Å². The Balaban J connectivity index is 2.42. The number of hydrogen-bond acceptors (Lipinski definition) is 7. The summed E-state index contributed by atoms with van der Waals surface area (Å²) in [7, 11) is 0. The second-order valence-electron chi connectivity index (χ2n) is 5.23. The Kier molecular flexibility index (Phi) is 7.20.